The van der Waals surface area contributed by atoms with E-state index in [0.717, 1.165) is 19.5 Å². The average Bonchev–Trinajstić information content (AvgIpc) is 3.14. The number of rotatable bonds is 32. The molecule has 0 aliphatic heterocycles. The van der Waals surface area contributed by atoms with Crippen LogP contribution in [0.15, 0.2) is 0 Å². The summed E-state index contributed by atoms with van der Waals surface area (Å²) in [7, 11) is 4.00. The van der Waals surface area contributed by atoms with Gasteiger partial charge in [-0.2, -0.15) is 35.3 Å². The predicted molar refractivity (Wildman–Crippen MR) is 209 cm³/mol. The van der Waals surface area contributed by atoms with Crippen LogP contribution in [0.3, 0.4) is 0 Å². The molecule has 0 aliphatic rings. The van der Waals surface area contributed by atoms with E-state index < -0.39 is 11.9 Å². The summed E-state index contributed by atoms with van der Waals surface area (Å²) in [6, 6.07) is 0. The Labute approximate surface area is 328 Å². The van der Waals surface area contributed by atoms with Crippen molar-refractivity contribution in [2.45, 2.75) is 68.6 Å². The smallest absolute Gasteiger partial charge is 0.318 e. The Hall–Kier alpha value is -2.25. The molecule has 0 saturated heterocycles. The second kappa shape index (κ2) is 32.0. The Balaban J connectivity index is 5.10. The number of nitrogens with zero attached hydrogens (tertiary/aromatic N) is 3. The molecule has 0 spiro atoms. The van der Waals surface area contributed by atoms with Crippen molar-refractivity contribution >= 4 is 71.1 Å². The van der Waals surface area contributed by atoms with Gasteiger partial charge >= 0.3 is 35.8 Å². The fraction of sp³-hybridized carbons (Fsp3) is 0.829. The maximum Gasteiger partial charge on any atom is 0.318 e. The first kappa shape index (κ1) is 50.8. The maximum atomic E-state index is 12.5. The molecule has 0 N–H and O–H groups in total. The lowest BCUT2D eigenvalue weighted by atomic mass is 10.2. The molecule has 0 rings (SSSR count). The normalized spacial score (nSPS) is 13.0. The molecule has 0 aromatic rings. The molecule has 0 bridgehead atoms. The number of hydrogen-bond acceptors (Lipinski definition) is 18. The summed E-state index contributed by atoms with van der Waals surface area (Å²) in [5.41, 5.74) is 0. The van der Waals surface area contributed by atoms with Crippen LogP contribution in [-0.2, 0) is 57.2 Å². The summed E-state index contributed by atoms with van der Waals surface area (Å²) in [5.74, 6) is -2.37. The molecular formula is C35H63N3O12S3. The SMILES string of the molecule is CSC(C)C(=O)OCCOC(=O)CCN(CCCN(CCCN(C)C)CCC(=O)OCCOC(=O)[C@@H](C)SC)CCC(=O)OCCOC(=O)C(C)SC. The van der Waals surface area contributed by atoms with E-state index in [-0.39, 0.29) is 98.5 Å². The lowest BCUT2D eigenvalue weighted by molar-refractivity contribution is -0.152. The van der Waals surface area contributed by atoms with Gasteiger partial charge in [-0.3, -0.25) is 28.8 Å². The molecule has 0 radical (unpaired) electrons. The summed E-state index contributed by atoms with van der Waals surface area (Å²) in [5, 5.41) is -0.896. The molecule has 0 aliphatic carbocycles. The number of hydrogen-bond donors (Lipinski definition) is 0. The molecule has 308 valence electrons. The van der Waals surface area contributed by atoms with Crippen molar-refractivity contribution in [2.75, 3.05) is 118 Å². The quantitative estimate of drug-likeness (QED) is 0.0552. The summed E-state index contributed by atoms with van der Waals surface area (Å²) < 4.78 is 31.1. The number of carbonyl (C=O) groups excluding carboxylic acids is 6. The lowest BCUT2D eigenvalue weighted by Crippen LogP contribution is -2.35. The summed E-state index contributed by atoms with van der Waals surface area (Å²) >= 11 is 4.11. The van der Waals surface area contributed by atoms with E-state index >= 15 is 0 Å². The fourth-order valence-electron chi connectivity index (χ4n) is 4.30. The van der Waals surface area contributed by atoms with Gasteiger partial charge in [0.1, 0.15) is 39.6 Å². The van der Waals surface area contributed by atoms with Gasteiger partial charge in [-0.05, 0) is 92.7 Å². The highest BCUT2D eigenvalue weighted by Crippen LogP contribution is 2.09. The van der Waals surface area contributed by atoms with E-state index in [9.17, 15) is 28.8 Å². The molecule has 0 aromatic heterocycles. The first-order valence-electron chi connectivity index (χ1n) is 17.9. The zero-order valence-corrected chi connectivity index (χ0v) is 35.4. The van der Waals surface area contributed by atoms with Crippen LogP contribution < -0.4 is 0 Å². The highest BCUT2D eigenvalue weighted by Gasteiger charge is 2.17. The van der Waals surface area contributed by atoms with Crippen molar-refractivity contribution in [2.24, 2.45) is 0 Å². The summed E-state index contributed by atoms with van der Waals surface area (Å²) in [4.78, 5) is 79.1. The van der Waals surface area contributed by atoms with Gasteiger partial charge in [0, 0.05) is 19.6 Å². The van der Waals surface area contributed by atoms with Gasteiger partial charge in [0.15, 0.2) is 0 Å². The predicted octanol–water partition coefficient (Wildman–Crippen LogP) is 2.62. The summed E-state index contributed by atoms with van der Waals surface area (Å²) in [6.07, 6.45) is 7.33. The largest absolute Gasteiger partial charge is 0.462 e. The second-order valence-corrected chi connectivity index (χ2v) is 15.8. The van der Waals surface area contributed by atoms with Crippen LogP contribution in [0.2, 0.25) is 0 Å². The van der Waals surface area contributed by atoms with Crippen molar-refractivity contribution in [3.05, 3.63) is 0 Å². The third-order valence-corrected chi connectivity index (χ3v) is 10.5. The van der Waals surface area contributed by atoms with Crippen LogP contribution in [0.4, 0.5) is 0 Å². The monoisotopic (exact) mass is 813 g/mol. The lowest BCUT2D eigenvalue weighted by Gasteiger charge is -2.26. The molecule has 18 heteroatoms. The average molecular weight is 814 g/mol. The van der Waals surface area contributed by atoms with Crippen molar-refractivity contribution in [1.82, 2.24) is 14.7 Å². The van der Waals surface area contributed by atoms with Gasteiger partial charge in [-0.25, -0.2) is 0 Å². The van der Waals surface area contributed by atoms with Crippen LogP contribution in [0.25, 0.3) is 0 Å². The van der Waals surface area contributed by atoms with Gasteiger partial charge in [0.25, 0.3) is 0 Å². The highest BCUT2D eigenvalue weighted by atomic mass is 32.2. The molecule has 0 heterocycles. The zero-order valence-electron chi connectivity index (χ0n) is 32.9. The van der Waals surface area contributed by atoms with E-state index in [1.54, 1.807) is 33.3 Å². The van der Waals surface area contributed by atoms with E-state index in [0.29, 0.717) is 39.1 Å². The maximum absolute atomic E-state index is 12.5. The molecule has 2 unspecified atom stereocenters. The van der Waals surface area contributed by atoms with Gasteiger partial charge in [0.2, 0.25) is 0 Å². The van der Waals surface area contributed by atoms with Gasteiger partial charge in [0.05, 0.1) is 35.0 Å². The molecule has 0 fully saturated rings. The van der Waals surface area contributed by atoms with E-state index in [1.165, 1.54) is 35.3 Å². The van der Waals surface area contributed by atoms with Crippen molar-refractivity contribution in [3.8, 4) is 0 Å². The standard InChI is InChI=1S/C35H63N3O12S3/c1-27(51-6)33(42)48-24-21-45-30(39)11-18-37(15-9-14-36(4)5)16-10-17-38(19-12-31(40)46-22-25-49-34(43)28(2)52-7)20-13-32(41)47-23-26-50-35(44)29(3)53-8/h27-29H,9-26H2,1-8H3/t27-,28?,29?/m1/s1. The minimum Gasteiger partial charge on any atom is -0.462 e. The molecule has 3 atom stereocenters. The Morgan fingerprint density at radius 1 is 0.434 bits per heavy atom. The van der Waals surface area contributed by atoms with Crippen LogP contribution in [0.5, 0.6) is 0 Å². The first-order valence-corrected chi connectivity index (χ1v) is 21.7. The van der Waals surface area contributed by atoms with Crippen LogP contribution in [0.1, 0.15) is 52.9 Å². The number of thioether (sulfide) groups is 3. The third-order valence-electron chi connectivity index (χ3n) is 7.75. The topological polar surface area (TPSA) is 168 Å². The van der Waals surface area contributed by atoms with E-state index in [2.05, 4.69) is 9.80 Å². The molecule has 0 saturated carbocycles. The Morgan fingerprint density at radius 2 is 0.698 bits per heavy atom. The minimum atomic E-state index is -0.454. The molecule has 0 aromatic carbocycles. The van der Waals surface area contributed by atoms with E-state index in [4.69, 9.17) is 28.4 Å². The van der Waals surface area contributed by atoms with Gasteiger partial charge in [-0.1, -0.05) is 0 Å². The Bertz CT molecular complexity index is 1030. The van der Waals surface area contributed by atoms with Crippen LogP contribution >= 0.6 is 35.3 Å². The highest BCUT2D eigenvalue weighted by molar-refractivity contribution is 8.00. The number of ether oxygens (including phenoxy) is 6. The second-order valence-electron chi connectivity index (χ2n) is 12.2. The van der Waals surface area contributed by atoms with Crippen molar-refractivity contribution < 1.29 is 57.2 Å². The zero-order chi connectivity index (χ0) is 40.0. The third kappa shape index (κ3) is 27.9. The van der Waals surface area contributed by atoms with Crippen LogP contribution in [0, 0.1) is 0 Å². The Kier molecular flexibility index (Phi) is 30.7. The molecule has 53 heavy (non-hydrogen) atoms. The molecular weight excluding hydrogens is 751 g/mol. The number of esters is 6. The first-order chi connectivity index (χ1) is 25.2. The van der Waals surface area contributed by atoms with Crippen molar-refractivity contribution in [3.63, 3.8) is 0 Å². The van der Waals surface area contributed by atoms with Gasteiger partial charge in [-0.15, -0.1) is 0 Å². The van der Waals surface area contributed by atoms with Gasteiger partial charge < -0.3 is 43.1 Å². The molecule has 0 amide bonds. The van der Waals surface area contributed by atoms with E-state index in [1.807, 2.05) is 25.3 Å². The fourth-order valence-corrected chi connectivity index (χ4v) is 5.08. The molecule has 15 nitrogen and oxygen atoms in total. The summed E-state index contributed by atoms with van der Waals surface area (Å²) in [6.45, 7) is 9.06. The van der Waals surface area contributed by atoms with Crippen molar-refractivity contribution in [1.29, 1.82) is 0 Å². The number of carbonyl (C=O) groups is 6. The Morgan fingerprint density at radius 3 is 0.981 bits per heavy atom. The van der Waals surface area contributed by atoms with Crippen LogP contribution in [-0.4, -0.2) is 185 Å². The minimum absolute atomic E-state index is 0.00310.